The van der Waals surface area contributed by atoms with Crippen molar-refractivity contribution in [3.05, 3.63) is 24.0 Å². The van der Waals surface area contributed by atoms with Crippen LogP contribution in [-0.4, -0.2) is 18.4 Å². The molecule has 0 aliphatic heterocycles. The number of hydrogen-bond donors (Lipinski definition) is 2. The third-order valence-corrected chi connectivity index (χ3v) is 0.684. The lowest BCUT2D eigenvalue weighted by molar-refractivity contribution is 0.330. The van der Waals surface area contributed by atoms with Crippen LogP contribution in [0.25, 0.3) is 0 Å². The van der Waals surface area contributed by atoms with Crippen LogP contribution in [0.1, 0.15) is 0 Å². The molecule has 0 aromatic heterocycles. The van der Waals surface area contributed by atoms with E-state index in [2.05, 4.69) is 11.7 Å². The molecule has 0 aromatic carbocycles. The quantitative estimate of drug-likeness (QED) is 0.414. The molecule has 0 aliphatic rings. The van der Waals surface area contributed by atoms with E-state index in [4.69, 9.17) is 10.8 Å². The second kappa shape index (κ2) is 5.05. The van der Waals surface area contributed by atoms with Gasteiger partial charge in [0.05, 0.1) is 6.61 Å². The molecule has 50 valence electrons. The van der Waals surface area contributed by atoms with E-state index in [-0.39, 0.29) is 6.61 Å². The zero-order valence-electron chi connectivity index (χ0n) is 5.12. The molecule has 0 spiro atoms. The summed E-state index contributed by atoms with van der Waals surface area (Å²) >= 11 is 0. The maximum Gasteiger partial charge on any atom is 0.0825 e. The minimum atomic E-state index is -0.124. The Kier molecular flexibility index (Phi) is 4.44. The molecule has 0 aromatic rings. The van der Waals surface area contributed by atoms with Crippen molar-refractivity contribution in [3.8, 4) is 0 Å². The number of allylic oxidation sites excluding steroid dienone is 2. The van der Waals surface area contributed by atoms with Gasteiger partial charge in [-0.3, -0.25) is 4.99 Å². The zero-order chi connectivity index (χ0) is 7.11. The molecule has 0 atom stereocenters. The van der Waals surface area contributed by atoms with Gasteiger partial charge >= 0.3 is 0 Å². The van der Waals surface area contributed by atoms with Crippen LogP contribution in [0.5, 0.6) is 0 Å². The smallest absolute Gasteiger partial charge is 0.0825 e. The Hall–Kier alpha value is -1.09. The van der Waals surface area contributed by atoms with Crippen LogP contribution >= 0.6 is 0 Å². The van der Waals surface area contributed by atoms with Crippen molar-refractivity contribution in [1.82, 2.24) is 0 Å². The van der Waals surface area contributed by atoms with Crippen LogP contribution in [0.15, 0.2) is 29.0 Å². The number of aliphatic hydroxyl groups is 1. The predicted molar refractivity (Wildman–Crippen MR) is 38.0 cm³/mol. The van der Waals surface area contributed by atoms with Crippen molar-refractivity contribution in [2.75, 3.05) is 6.61 Å². The van der Waals surface area contributed by atoms with E-state index < -0.39 is 0 Å². The lowest BCUT2D eigenvalue weighted by Crippen LogP contribution is -2.00. The third kappa shape index (κ3) is 4.77. The standard InChI is InChI=1S/C6H10N2O/c1-8-4-2-3-6(7)5-9/h2-4,9H,1,5,7H2/b4-2-,6-3-. The van der Waals surface area contributed by atoms with Gasteiger partial charge in [-0.15, -0.1) is 0 Å². The third-order valence-electron chi connectivity index (χ3n) is 0.684. The summed E-state index contributed by atoms with van der Waals surface area (Å²) in [4.78, 5) is 3.43. The Morgan fingerprint density at radius 3 is 2.89 bits per heavy atom. The van der Waals surface area contributed by atoms with Crippen LogP contribution in [-0.2, 0) is 0 Å². The fraction of sp³-hybridized carbons (Fsp3) is 0.167. The predicted octanol–water partition coefficient (Wildman–Crippen LogP) is 0.0356. The number of aliphatic hydroxyl groups excluding tert-OH is 1. The average molecular weight is 126 g/mol. The summed E-state index contributed by atoms with van der Waals surface area (Å²) in [7, 11) is 0. The van der Waals surface area contributed by atoms with Gasteiger partial charge in [0, 0.05) is 11.9 Å². The van der Waals surface area contributed by atoms with Gasteiger partial charge in [0.1, 0.15) is 0 Å². The van der Waals surface area contributed by atoms with Crippen molar-refractivity contribution in [3.63, 3.8) is 0 Å². The van der Waals surface area contributed by atoms with Crippen LogP contribution in [0, 0.1) is 0 Å². The van der Waals surface area contributed by atoms with E-state index in [1.165, 1.54) is 6.20 Å². The van der Waals surface area contributed by atoms with E-state index in [1.807, 2.05) is 0 Å². The number of aliphatic imine (C=N–C) groups is 1. The largest absolute Gasteiger partial charge is 0.400 e. The van der Waals surface area contributed by atoms with Crippen molar-refractivity contribution in [2.24, 2.45) is 10.7 Å². The molecule has 3 nitrogen and oxygen atoms in total. The first-order valence-corrected chi connectivity index (χ1v) is 2.49. The van der Waals surface area contributed by atoms with Gasteiger partial charge in [0.15, 0.2) is 0 Å². The first kappa shape index (κ1) is 7.91. The summed E-state index contributed by atoms with van der Waals surface area (Å²) in [5.41, 5.74) is 5.62. The van der Waals surface area contributed by atoms with Crippen molar-refractivity contribution in [1.29, 1.82) is 0 Å². The molecule has 3 N–H and O–H groups in total. The molecule has 0 saturated heterocycles. The van der Waals surface area contributed by atoms with Crippen molar-refractivity contribution >= 4 is 6.72 Å². The highest BCUT2D eigenvalue weighted by atomic mass is 16.3. The minimum absolute atomic E-state index is 0.124. The van der Waals surface area contributed by atoms with Gasteiger partial charge in [-0.25, -0.2) is 0 Å². The number of hydrogen-bond acceptors (Lipinski definition) is 3. The first-order chi connectivity index (χ1) is 4.31. The van der Waals surface area contributed by atoms with Crippen LogP contribution < -0.4 is 5.73 Å². The topological polar surface area (TPSA) is 58.6 Å². The van der Waals surface area contributed by atoms with Gasteiger partial charge in [0.25, 0.3) is 0 Å². The SMILES string of the molecule is C=N/C=C\C=C(/N)CO. The lowest BCUT2D eigenvalue weighted by Gasteiger charge is -1.87. The number of rotatable bonds is 3. The molecule has 0 radical (unpaired) electrons. The second-order valence-electron chi connectivity index (χ2n) is 1.42. The number of nitrogens with zero attached hydrogens (tertiary/aromatic N) is 1. The van der Waals surface area contributed by atoms with Gasteiger partial charge in [0.2, 0.25) is 0 Å². The maximum atomic E-state index is 8.36. The molecule has 0 rings (SSSR count). The normalized spacial score (nSPS) is 12.3. The summed E-state index contributed by atoms with van der Waals surface area (Å²) in [5, 5.41) is 8.36. The second-order valence-corrected chi connectivity index (χ2v) is 1.42. The van der Waals surface area contributed by atoms with Crippen LogP contribution in [0.4, 0.5) is 0 Å². The molecule has 0 bridgehead atoms. The van der Waals surface area contributed by atoms with Gasteiger partial charge in [-0.2, -0.15) is 0 Å². The Balaban J connectivity index is 3.67. The molecular weight excluding hydrogens is 116 g/mol. The Morgan fingerprint density at radius 1 is 1.78 bits per heavy atom. The molecule has 9 heavy (non-hydrogen) atoms. The molecule has 0 aliphatic carbocycles. The summed E-state index contributed by atoms with van der Waals surface area (Å²) in [5.74, 6) is 0. The maximum absolute atomic E-state index is 8.36. The van der Waals surface area contributed by atoms with E-state index in [9.17, 15) is 0 Å². The average Bonchev–Trinajstić information content (AvgIpc) is 1.89. The first-order valence-electron chi connectivity index (χ1n) is 2.49. The van der Waals surface area contributed by atoms with Crippen molar-refractivity contribution < 1.29 is 5.11 Å². The fourth-order valence-corrected chi connectivity index (χ4v) is 0.280. The molecule has 0 fully saturated rings. The summed E-state index contributed by atoms with van der Waals surface area (Å²) in [6.07, 6.45) is 4.66. The molecule has 3 heteroatoms. The van der Waals surface area contributed by atoms with E-state index in [0.29, 0.717) is 5.70 Å². The van der Waals surface area contributed by atoms with E-state index >= 15 is 0 Å². The molecule has 0 unspecified atom stereocenters. The van der Waals surface area contributed by atoms with Crippen LogP contribution in [0.2, 0.25) is 0 Å². The Bertz CT molecular complexity index is 138. The minimum Gasteiger partial charge on any atom is -0.400 e. The van der Waals surface area contributed by atoms with E-state index in [0.717, 1.165) is 0 Å². The summed E-state index contributed by atoms with van der Waals surface area (Å²) < 4.78 is 0. The molecule has 0 saturated carbocycles. The number of nitrogens with two attached hydrogens (primary N) is 1. The van der Waals surface area contributed by atoms with Gasteiger partial charge in [-0.05, 0) is 18.9 Å². The van der Waals surface area contributed by atoms with Crippen molar-refractivity contribution in [2.45, 2.75) is 0 Å². The van der Waals surface area contributed by atoms with Gasteiger partial charge < -0.3 is 10.8 Å². The monoisotopic (exact) mass is 126 g/mol. The summed E-state index contributed by atoms with van der Waals surface area (Å²) in [6.45, 7) is 3.09. The molecule has 0 heterocycles. The highest BCUT2D eigenvalue weighted by Gasteiger charge is 1.77. The fourth-order valence-electron chi connectivity index (χ4n) is 0.280. The summed E-state index contributed by atoms with van der Waals surface area (Å²) in [6, 6.07) is 0. The Morgan fingerprint density at radius 2 is 2.44 bits per heavy atom. The van der Waals surface area contributed by atoms with Crippen LogP contribution in [0.3, 0.4) is 0 Å². The van der Waals surface area contributed by atoms with Gasteiger partial charge in [-0.1, -0.05) is 0 Å². The zero-order valence-corrected chi connectivity index (χ0v) is 5.12. The van der Waals surface area contributed by atoms with E-state index in [1.54, 1.807) is 12.2 Å². The molecular formula is C6H10N2O. The highest BCUT2D eigenvalue weighted by Crippen LogP contribution is 1.82. The Labute approximate surface area is 54.2 Å². The molecule has 0 amide bonds. The highest BCUT2D eigenvalue weighted by molar-refractivity contribution is 5.26. The lowest BCUT2D eigenvalue weighted by atomic mass is 10.4.